The molecule has 1 saturated heterocycles. The predicted octanol–water partition coefficient (Wildman–Crippen LogP) is 3.54. The number of nitrogens with one attached hydrogen (secondary N) is 2. The molecule has 1 aliphatic heterocycles. The van der Waals surface area contributed by atoms with Gasteiger partial charge in [0.05, 0.1) is 6.04 Å². The van der Waals surface area contributed by atoms with Gasteiger partial charge >= 0.3 is 0 Å². The summed E-state index contributed by atoms with van der Waals surface area (Å²) >= 11 is 0. The second kappa shape index (κ2) is 12.6. The van der Waals surface area contributed by atoms with Crippen LogP contribution in [0.4, 0.5) is 0 Å². The second-order valence-corrected chi connectivity index (χ2v) is 10.4. The summed E-state index contributed by atoms with van der Waals surface area (Å²) in [5.41, 5.74) is 12.7. The Kier molecular flexibility index (Phi) is 8.56. The molecule has 0 radical (unpaired) electrons. The van der Waals surface area contributed by atoms with E-state index >= 15 is 0 Å². The zero-order valence-electron chi connectivity index (χ0n) is 22.6. The highest BCUT2D eigenvalue weighted by atomic mass is 16.2. The largest absolute Gasteiger partial charge is 0.370 e. The molecule has 4 aromatic rings. The number of hydrogen-bond donors (Lipinski definition) is 4. The van der Waals surface area contributed by atoms with E-state index in [-0.39, 0.29) is 29.9 Å². The van der Waals surface area contributed by atoms with E-state index in [4.69, 9.17) is 11.5 Å². The van der Waals surface area contributed by atoms with Crippen LogP contribution in [0.1, 0.15) is 35.2 Å². The molecular weight excluding hydrogens is 500 g/mol. The van der Waals surface area contributed by atoms with E-state index in [9.17, 15) is 9.59 Å². The van der Waals surface area contributed by atoms with Crippen LogP contribution in [-0.4, -0.2) is 54.4 Å². The molecular formula is C32H36N6O2. The minimum Gasteiger partial charge on any atom is -0.370 e. The van der Waals surface area contributed by atoms with Gasteiger partial charge in [0, 0.05) is 37.8 Å². The molecule has 0 saturated carbocycles. The van der Waals surface area contributed by atoms with E-state index in [2.05, 4.69) is 46.0 Å². The van der Waals surface area contributed by atoms with E-state index in [1.54, 1.807) is 0 Å². The van der Waals surface area contributed by atoms with Gasteiger partial charge in [0.2, 0.25) is 5.91 Å². The zero-order valence-corrected chi connectivity index (χ0v) is 22.6. The highest BCUT2D eigenvalue weighted by Gasteiger charge is 2.30. The molecule has 0 aromatic heterocycles. The summed E-state index contributed by atoms with van der Waals surface area (Å²) < 4.78 is 0. The number of carbonyl (C=O) groups excluding carboxylic acids is 2. The summed E-state index contributed by atoms with van der Waals surface area (Å²) in [6, 6.07) is 27.8. The fraction of sp³-hybridized carbons (Fsp3) is 0.281. The number of fused-ring (bicyclic) bond motifs is 2. The number of guanidine groups is 1. The minimum atomic E-state index is -0.389. The van der Waals surface area contributed by atoms with Gasteiger partial charge in [0.1, 0.15) is 0 Å². The molecule has 8 nitrogen and oxygen atoms in total. The third-order valence-corrected chi connectivity index (χ3v) is 7.45. The molecule has 1 heterocycles. The first-order chi connectivity index (χ1) is 19.5. The van der Waals surface area contributed by atoms with Crippen molar-refractivity contribution in [2.75, 3.05) is 19.6 Å². The van der Waals surface area contributed by atoms with Gasteiger partial charge in [0.25, 0.3) is 5.91 Å². The Hall–Kier alpha value is -4.43. The Morgan fingerprint density at radius 1 is 0.925 bits per heavy atom. The Labute approximate surface area is 234 Å². The molecule has 2 unspecified atom stereocenters. The molecule has 2 atom stereocenters. The molecule has 4 aromatic carbocycles. The van der Waals surface area contributed by atoms with Crippen LogP contribution in [0.3, 0.4) is 0 Å². The number of amides is 2. The fourth-order valence-electron chi connectivity index (χ4n) is 5.32. The van der Waals surface area contributed by atoms with Crippen molar-refractivity contribution < 1.29 is 9.59 Å². The maximum absolute atomic E-state index is 13.7. The first-order valence-corrected chi connectivity index (χ1v) is 13.8. The summed E-state index contributed by atoms with van der Waals surface area (Å²) in [5, 5.41) is 11.0. The van der Waals surface area contributed by atoms with Crippen molar-refractivity contribution >= 4 is 39.3 Å². The number of aliphatic imine (C=N–C) groups is 1. The minimum absolute atomic E-state index is 0.0485. The molecule has 0 bridgehead atoms. The summed E-state index contributed by atoms with van der Waals surface area (Å²) in [6.45, 7) is 2.01. The highest BCUT2D eigenvalue weighted by molar-refractivity contribution is 5.98. The molecule has 8 heteroatoms. The number of benzene rings is 4. The van der Waals surface area contributed by atoms with Crippen molar-refractivity contribution in [2.24, 2.45) is 16.5 Å². The normalized spacial score (nSPS) is 17.5. The van der Waals surface area contributed by atoms with Crippen LogP contribution in [0.2, 0.25) is 0 Å². The fourth-order valence-corrected chi connectivity index (χ4v) is 5.32. The lowest BCUT2D eigenvalue weighted by Gasteiger charge is -2.25. The van der Waals surface area contributed by atoms with E-state index in [0.29, 0.717) is 44.6 Å². The molecule has 6 N–H and O–H groups in total. The smallest absolute Gasteiger partial charge is 0.251 e. The lowest BCUT2D eigenvalue weighted by atomic mass is 10.1. The molecule has 1 fully saturated rings. The van der Waals surface area contributed by atoms with E-state index in [1.165, 1.54) is 5.39 Å². The third-order valence-electron chi connectivity index (χ3n) is 7.45. The van der Waals surface area contributed by atoms with Gasteiger partial charge in [-0.05, 0) is 64.6 Å². The Bertz CT molecular complexity index is 1530. The number of carbonyl (C=O) groups is 2. The molecule has 2 amide bonds. The number of nitrogens with zero attached hydrogens (tertiary/aromatic N) is 2. The lowest BCUT2D eigenvalue weighted by molar-refractivity contribution is -0.133. The number of hydrogen-bond acceptors (Lipinski definition) is 4. The maximum Gasteiger partial charge on any atom is 0.251 e. The van der Waals surface area contributed by atoms with Crippen molar-refractivity contribution in [1.29, 1.82) is 0 Å². The van der Waals surface area contributed by atoms with E-state index in [0.717, 1.165) is 28.1 Å². The summed E-state index contributed by atoms with van der Waals surface area (Å²) in [4.78, 5) is 32.7. The van der Waals surface area contributed by atoms with Gasteiger partial charge in [-0.15, -0.1) is 0 Å². The summed E-state index contributed by atoms with van der Waals surface area (Å²) in [5.74, 6) is -0.0194. The molecule has 206 valence electrons. The highest BCUT2D eigenvalue weighted by Crippen LogP contribution is 2.20. The van der Waals surface area contributed by atoms with Crippen LogP contribution >= 0.6 is 0 Å². The van der Waals surface area contributed by atoms with Gasteiger partial charge in [-0.25, -0.2) is 0 Å². The average Bonchev–Trinajstić information content (AvgIpc) is 3.11. The Morgan fingerprint density at radius 3 is 2.33 bits per heavy atom. The monoisotopic (exact) mass is 536 g/mol. The van der Waals surface area contributed by atoms with Crippen LogP contribution < -0.4 is 22.1 Å². The summed E-state index contributed by atoms with van der Waals surface area (Å²) in [7, 11) is 0. The standard InChI is InChI=1S/C32H36N6O2/c33-32(34)35-16-5-10-29-31(40)38(21-22-11-12-23-6-1-3-8-25(23)18-22)17-15-28(37-29)20-36-30(39)27-14-13-24-7-2-4-9-26(24)19-27/h1-4,6-9,11-14,18-19,28-29,37H,5,10,15-17,20-21H2,(H,36,39)(H4,33,34,35). The van der Waals surface area contributed by atoms with Crippen LogP contribution in [0.5, 0.6) is 0 Å². The topological polar surface area (TPSA) is 126 Å². The van der Waals surface area contributed by atoms with Gasteiger partial charge in [0.15, 0.2) is 5.96 Å². The quantitative estimate of drug-likeness (QED) is 0.148. The lowest BCUT2D eigenvalue weighted by Crippen LogP contribution is -2.48. The molecule has 5 rings (SSSR count). The number of nitrogens with two attached hydrogens (primary N) is 2. The third kappa shape index (κ3) is 6.76. The van der Waals surface area contributed by atoms with Gasteiger partial charge in [-0.3, -0.25) is 14.6 Å². The molecule has 40 heavy (non-hydrogen) atoms. The summed E-state index contributed by atoms with van der Waals surface area (Å²) in [6.07, 6.45) is 1.99. The molecule has 0 aliphatic carbocycles. The van der Waals surface area contributed by atoms with Gasteiger partial charge in [-0.1, -0.05) is 66.7 Å². The predicted molar refractivity (Wildman–Crippen MR) is 161 cm³/mol. The zero-order chi connectivity index (χ0) is 27.9. The molecule has 0 spiro atoms. The van der Waals surface area contributed by atoms with E-state index < -0.39 is 0 Å². The SMILES string of the molecule is NC(N)=NCCCC1NC(CNC(=O)c2ccc3ccccc3c2)CCN(Cc2ccc3ccccc3c2)C1=O. The van der Waals surface area contributed by atoms with Crippen molar-refractivity contribution in [2.45, 2.75) is 37.9 Å². The number of rotatable bonds is 9. The van der Waals surface area contributed by atoms with Crippen molar-refractivity contribution in [3.8, 4) is 0 Å². The van der Waals surface area contributed by atoms with Crippen LogP contribution in [0.25, 0.3) is 21.5 Å². The van der Waals surface area contributed by atoms with Crippen molar-refractivity contribution in [3.05, 3.63) is 96.1 Å². The Balaban J connectivity index is 1.27. The van der Waals surface area contributed by atoms with Gasteiger partial charge in [-0.2, -0.15) is 0 Å². The second-order valence-electron chi connectivity index (χ2n) is 10.4. The van der Waals surface area contributed by atoms with Gasteiger partial charge < -0.3 is 27.0 Å². The Morgan fingerprint density at radius 2 is 1.60 bits per heavy atom. The van der Waals surface area contributed by atoms with Crippen molar-refractivity contribution in [1.82, 2.24) is 15.5 Å². The first-order valence-electron chi connectivity index (χ1n) is 13.8. The van der Waals surface area contributed by atoms with Crippen molar-refractivity contribution in [3.63, 3.8) is 0 Å². The average molecular weight is 537 g/mol. The van der Waals surface area contributed by atoms with Crippen LogP contribution in [-0.2, 0) is 11.3 Å². The van der Waals surface area contributed by atoms with Crippen LogP contribution in [0.15, 0.2) is 89.9 Å². The maximum atomic E-state index is 13.7. The first kappa shape index (κ1) is 27.1. The molecule has 1 aliphatic rings. The van der Waals surface area contributed by atoms with Crippen LogP contribution in [0, 0.1) is 0 Å². The van der Waals surface area contributed by atoms with E-state index in [1.807, 2.05) is 59.5 Å².